The number of nitrogens with one attached hydrogen (secondary N) is 2. The van der Waals surface area contributed by atoms with Gasteiger partial charge in [-0.25, -0.2) is 4.39 Å². The van der Waals surface area contributed by atoms with Gasteiger partial charge < -0.3 is 5.32 Å². The fraction of sp³-hybridized carbons (Fsp3) is 0.273. The molecule has 0 spiro atoms. The molecule has 0 unspecified atom stereocenters. The number of hydrogen-bond donors (Lipinski definition) is 2. The summed E-state index contributed by atoms with van der Waals surface area (Å²) >= 11 is 10.9. The largest absolute Gasteiger partial charge is 0.357 e. The molecule has 3 nitrogen and oxygen atoms in total. The van der Waals surface area contributed by atoms with Gasteiger partial charge in [-0.05, 0) is 49.8 Å². The van der Waals surface area contributed by atoms with Crippen molar-refractivity contribution in [2.75, 3.05) is 0 Å². The van der Waals surface area contributed by atoms with E-state index in [1.807, 2.05) is 13.8 Å². The molecule has 0 radical (unpaired) electrons. The smallest absolute Gasteiger partial charge is 0.187 e. The molecule has 1 aromatic carbocycles. The topological polar surface area (TPSA) is 36.4 Å². The van der Waals surface area contributed by atoms with Gasteiger partial charge in [0.1, 0.15) is 5.82 Å². The van der Waals surface area contributed by atoms with E-state index in [1.54, 1.807) is 0 Å². The van der Waals surface area contributed by atoms with Crippen LogP contribution in [0.25, 0.3) is 0 Å². The molecule has 6 heteroatoms. The molecule has 0 saturated carbocycles. The lowest BCUT2D eigenvalue weighted by Crippen LogP contribution is -2.32. The van der Waals surface area contributed by atoms with Crippen LogP contribution >= 0.6 is 23.8 Å². The van der Waals surface area contributed by atoms with Gasteiger partial charge in [-0.15, -0.1) is 0 Å². The van der Waals surface area contributed by atoms with Crippen molar-refractivity contribution in [3.63, 3.8) is 0 Å². The maximum Gasteiger partial charge on any atom is 0.187 e. The van der Waals surface area contributed by atoms with E-state index in [2.05, 4.69) is 15.8 Å². The van der Waals surface area contributed by atoms with Gasteiger partial charge in [-0.1, -0.05) is 11.6 Å². The SMILES string of the molecule is CC(C)=NNC(=S)NCc1cc(F)ccc1Cl. The quantitative estimate of drug-likeness (QED) is 0.505. The fourth-order valence-electron chi connectivity index (χ4n) is 1.06. The Balaban J connectivity index is 2.53. The van der Waals surface area contributed by atoms with Crippen LogP contribution in [0.3, 0.4) is 0 Å². The number of hydrazone groups is 1. The van der Waals surface area contributed by atoms with E-state index in [4.69, 9.17) is 23.8 Å². The minimum Gasteiger partial charge on any atom is -0.357 e. The Morgan fingerprint density at radius 1 is 1.47 bits per heavy atom. The Kier molecular flexibility index (Phi) is 5.31. The molecule has 1 aromatic rings. The molecule has 0 fully saturated rings. The van der Waals surface area contributed by atoms with E-state index >= 15 is 0 Å². The summed E-state index contributed by atoms with van der Waals surface area (Å²) in [4.78, 5) is 0. The highest BCUT2D eigenvalue weighted by Crippen LogP contribution is 2.16. The van der Waals surface area contributed by atoms with Crippen molar-refractivity contribution >= 4 is 34.6 Å². The molecule has 0 heterocycles. The Morgan fingerprint density at radius 2 is 2.18 bits per heavy atom. The van der Waals surface area contributed by atoms with Crippen molar-refractivity contribution in [2.24, 2.45) is 5.10 Å². The van der Waals surface area contributed by atoms with Crippen molar-refractivity contribution in [3.05, 3.63) is 34.6 Å². The van der Waals surface area contributed by atoms with Crippen LogP contribution in [0.1, 0.15) is 19.4 Å². The zero-order valence-electron chi connectivity index (χ0n) is 9.55. The highest BCUT2D eigenvalue weighted by molar-refractivity contribution is 7.80. The normalized spacial score (nSPS) is 9.65. The second-order valence-corrected chi connectivity index (χ2v) is 4.40. The molecular weight excluding hydrogens is 261 g/mol. The minimum absolute atomic E-state index is 0.326. The van der Waals surface area contributed by atoms with Crippen LogP contribution in [0.5, 0.6) is 0 Å². The molecule has 0 amide bonds. The molecule has 1 rings (SSSR count). The second kappa shape index (κ2) is 6.51. The summed E-state index contributed by atoms with van der Waals surface area (Å²) in [5, 5.41) is 7.68. The van der Waals surface area contributed by atoms with Gasteiger partial charge in [-0.2, -0.15) is 5.10 Å². The number of hydrogen-bond acceptors (Lipinski definition) is 2. The molecule has 2 N–H and O–H groups in total. The molecule has 17 heavy (non-hydrogen) atoms. The number of benzene rings is 1. The molecular formula is C11H13ClFN3S. The van der Waals surface area contributed by atoms with Gasteiger partial charge in [0.05, 0.1) is 0 Å². The zero-order chi connectivity index (χ0) is 12.8. The van der Waals surface area contributed by atoms with Crippen LogP contribution in [0, 0.1) is 5.82 Å². The summed E-state index contributed by atoms with van der Waals surface area (Å²) in [6.45, 7) is 4.04. The van der Waals surface area contributed by atoms with Crippen LogP contribution in [0.2, 0.25) is 5.02 Å². The van der Waals surface area contributed by atoms with Crippen LogP contribution < -0.4 is 10.7 Å². The van der Waals surface area contributed by atoms with E-state index in [9.17, 15) is 4.39 Å². The Labute approximate surface area is 110 Å². The van der Waals surface area contributed by atoms with Crippen molar-refractivity contribution in [1.82, 2.24) is 10.7 Å². The zero-order valence-corrected chi connectivity index (χ0v) is 11.1. The molecule has 0 aliphatic carbocycles. The van der Waals surface area contributed by atoms with Crippen molar-refractivity contribution < 1.29 is 4.39 Å². The molecule has 0 bridgehead atoms. The standard InChI is InChI=1S/C11H13ClFN3S/c1-7(2)15-16-11(17)14-6-8-5-9(13)3-4-10(8)12/h3-5H,6H2,1-2H3,(H2,14,16,17). The monoisotopic (exact) mass is 273 g/mol. The predicted molar refractivity (Wildman–Crippen MR) is 72.8 cm³/mol. The van der Waals surface area contributed by atoms with Gasteiger partial charge in [-0.3, -0.25) is 5.43 Å². The summed E-state index contributed by atoms with van der Waals surface area (Å²) < 4.78 is 13.0. The molecule has 0 aromatic heterocycles. The van der Waals surface area contributed by atoms with Gasteiger partial charge in [0, 0.05) is 17.3 Å². The summed E-state index contributed by atoms with van der Waals surface area (Å²) in [6.07, 6.45) is 0. The van der Waals surface area contributed by atoms with Gasteiger partial charge in [0.15, 0.2) is 5.11 Å². The first-order valence-electron chi connectivity index (χ1n) is 4.97. The Bertz CT molecular complexity index is 444. The van der Waals surface area contributed by atoms with Crippen LogP contribution in [0.15, 0.2) is 23.3 Å². The molecule has 0 atom stereocenters. The Hall–Kier alpha value is -1.20. The van der Waals surface area contributed by atoms with Crippen molar-refractivity contribution in [2.45, 2.75) is 20.4 Å². The average molecular weight is 274 g/mol. The van der Waals surface area contributed by atoms with Gasteiger partial charge >= 0.3 is 0 Å². The van der Waals surface area contributed by atoms with E-state index in [0.717, 1.165) is 5.71 Å². The van der Waals surface area contributed by atoms with Crippen LogP contribution in [-0.4, -0.2) is 10.8 Å². The maximum absolute atomic E-state index is 13.0. The highest BCUT2D eigenvalue weighted by Gasteiger charge is 2.02. The highest BCUT2D eigenvalue weighted by atomic mass is 35.5. The van der Waals surface area contributed by atoms with Gasteiger partial charge in [0.25, 0.3) is 0 Å². The third-order valence-electron chi connectivity index (χ3n) is 1.83. The lowest BCUT2D eigenvalue weighted by atomic mass is 10.2. The van der Waals surface area contributed by atoms with E-state index in [1.165, 1.54) is 18.2 Å². The first-order valence-corrected chi connectivity index (χ1v) is 5.76. The molecule has 0 aliphatic rings. The lowest BCUT2D eigenvalue weighted by molar-refractivity contribution is 0.624. The number of nitrogens with zero attached hydrogens (tertiary/aromatic N) is 1. The van der Waals surface area contributed by atoms with E-state index in [-0.39, 0.29) is 5.82 Å². The second-order valence-electron chi connectivity index (χ2n) is 3.59. The Morgan fingerprint density at radius 3 is 2.82 bits per heavy atom. The number of thiocarbonyl (C=S) groups is 1. The van der Waals surface area contributed by atoms with E-state index < -0.39 is 0 Å². The summed E-state index contributed by atoms with van der Waals surface area (Å²) in [6, 6.07) is 4.19. The molecule has 0 aliphatic heterocycles. The number of halogens is 2. The third kappa shape index (κ3) is 5.10. The van der Waals surface area contributed by atoms with Gasteiger partial charge in [0.2, 0.25) is 0 Å². The van der Waals surface area contributed by atoms with E-state index in [0.29, 0.717) is 22.2 Å². The number of rotatable bonds is 3. The maximum atomic E-state index is 13.0. The first kappa shape index (κ1) is 13.9. The van der Waals surface area contributed by atoms with Crippen molar-refractivity contribution in [1.29, 1.82) is 0 Å². The van der Waals surface area contributed by atoms with Crippen molar-refractivity contribution in [3.8, 4) is 0 Å². The molecule has 92 valence electrons. The minimum atomic E-state index is -0.326. The summed E-state index contributed by atoms with van der Waals surface area (Å²) in [5.41, 5.74) is 4.16. The third-order valence-corrected chi connectivity index (χ3v) is 2.43. The first-order chi connectivity index (χ1) is 7.99. The van der Waals surface area contributed by atoms with Crippen LogP contribution in [0.4, 0.5) is 4.39 Å². The lowest BCUT2D eigenvalue weighted by Gasteiger charge is -2.08. The van der Waals surface area contributed by atoms with Crippen LogP contribution in [-0.2, 0) is 6.54 Å². The molecule has 0 saturated heterocycles. The summed E-state index contributed by atoms with van der Waals surface area (Å²) in [5.74, 6) is -0.326. The summed E-state index contributed by atoms with van der Waals surface area (Å²) in [7, 11) is 0. The predicted octanol–water partition coefficient (Wildman–Crippen LogP) is 2.84. The fourth-order valence-corrected chi connectivity index (χ4v) is 1.36. The average Bonchev–Trinajstić information content (AvgIpc) is 2.27.